The predicted octanol–water partition coefficient (Wildman–Crippen LogP) is 3.30. The summed E-state index contributed by atoms with van der Waals surface area (Å²) in [5.74, 6) is -1.56. The molecule has 0 aliphatic heterocycles. The molecule has 0 saturated carbocycles. The number of esters is 1. The number of ketones is 1. The van der Waals surface area contributed by atoms with Crippen LogP contribution in [0.2, 0.25) is 4.34 Å². The molecule has 124 valence electrons. The van der Waals surface area contributed by atoms with Gasteiger partial charge >= 0.3 is 5.97 Å². The largest absolute Gasteiger partial charge is 0.453 e. The molecule has 1 aromatic carbocycles. The van der Waals surface area contributed by atoms with Crippen LogP contribution in [0, 0.1) is 0 Å². The predicted molar refractivity (Wildman–Crippen MR) is 92.9 cm³/mol. The van der Waals surface area contributed by atoms with Gasteiger partial charge < -0.3 is 10.1 Å². The number of hydrogen-bond acceptors (Lipinski definition) is 5. The van der Waals surface area contributed by atoms with Crippen LogP contribution >= 0.6 is 22.9 Å². The number of ether oxygens (including phenoxy) is 1. The fourth-order valence-electron chi connectivity index (χ4n) is 1.80. The number of carbonyl (C=O) groups is 3. The Labute approximate surface area is 147 Å². The Bertz CT molecular complexity index is 783. The maximum absolute atomic E-state index is 12.1. The minimum Gasteiger partial charge on any atom is -0.453 e. The van der Waals surface area contributed by atoms with E-state index in [0.29, 0.717) is 9.21 Å². The van der Waals surface area contributed by atoms with Gasteiger partial charge in [-0.05, 0) is 23.8 Å². The maximum Gasteiger partial charge on any atom is 0.355 e. The Morgan fingerprint density at radius 3 is 2.46 bits per heavy atom. The zero-order valence-corrected chi connectivity index (χ0v) is 14.3. The van der Waals surface area contributed by atoms with Crippen LogP contribution in [0.3, 0.4) is 0 Å². The summed E-state index contributed by atoms with van der Waals surface area (Å²) < 4.78 is 5.47. The Balaban J connectivity index is 2.06. The van der Waals surface area contributed by atoms with E-state index in [-0.39, 0.29) is 11.5 Å². The van der Waals surface area contributed by atoms with Crippen LogP contribution in [0.4, 0.5) is 0 Å². The lowest BCUT2D eigenvalue weighted by Gasteiger charge is -2.08. The molecule has 0 saturated heterocycles. The summed E-state index contributed by atoms with van der Waals surface area (Å²) in [7, 11) is 0. The van der Waals surface area contributed by atoms with Crippen LogP contribution in [0.1, 0.15) is 22.2 Å². The molecule has 7 heteroatoms. The van der Waals surface area contributed by atoms with Gasteiger partial charge in [0.15, 0.2) is 6.61 Å². The van der Waals surface area contributed by atoms with Crippen molar-refractivity contribution >= 4 is 46.7 Å². The van der Waals surface area contributed by atoms with Gasteiger partial charge in [0.05, 0.1) is 9.21 Å². The van der Waals surface area contributed by atoms with Crippen molar-refractivity contribution in [1.29, 1.82) is 0 Å². The number of thiophene rings is 1. The molecule has 0 spiro atoms. The van der Waals surface area contributed by atoms with Crippen LogP contribution in [-0.2, 0) is 14.3 Å². The number of carbonyl (C=O) groups excluding carboxylic acids is 3. The van der Waals surface area contributed by atoms with E-state index < -0.39 is 18.5 Å². The smallest absolute Gasteiger partial charge is 0.355 e. The number of benzene rings is 1. The van der Waals surface area contributed by atoms with Gasteiger partial charge in [-0.25, -0.2) is 4.79 Å². The number of halogens is 1. The lowest BCUT2D eigenvalue weighted by Crippen LogP contribution is -2.27. The molecule has 2 rings (SSSR count). The SMILES string of the molecule is CC(=O)NC(=Cc1ccccc1)C(=O)OCC(=O)c1ccc(Cl)s1. The van der Waals surface area contributed by atoms with Gasteiger partial charge in [0, 0.05) is 6.92 Å². The van der Waals surface area contributed by atoms with Crippen LogP contribution < -0.4 is 5.32 Å². The second kappa shape index (κ2) is 8.42. The van der Waals surface area contributed by atoms with Crippen molar-refractivity contribution in [2.75, 3.05) is 6.61 Å². The van der Waals surface area contributed by atoms with Gasteiger partial charge in [-0.3, -0.25) is 9.59 Å². The monoisotopic (exact) mass is 363 g/mol. The van der Waals surface area contributed by atoms with Crippen molar-refractivity contribution in [2.45, 2.75) is 6.92 Å². The van der Waals surface area contributed by atoms with E-state index >= 15 is 0 Å². The summed E-state index contributed by atoms with van der Waals surface area (Å²) in [4.78, 5) is 35.8. The maximum atomic E-state index is 12.1. The van der Waals surface area contributed by atoms with Gasteiger partial charge in [-0.15, -0.1) is 11.3 Å². The number of Topliss-reactive ketones (excluding diaryl/α,β-unsaturated/α-hetero) is 1. The Kier molecular flexibility index (Phi) is 6.28. The third kappa shape index (κ3) is 5.33. The minimum absolute atomic E-state index is 0.0364. The van der Waals surface area contributed by atoms with Gasteiger partial charge in [-0.1, -0.05) is 41.9 Å². The highest BCUT2D eigenvalue weighted by Crippen LogP contribution is 2.21. The zero-order valence-electron chi connectivity index (χ0n) is 12.7. The Hall–Kier alpha value is -2.44. The average Bonchev–Trinajstić information content (AvgIpc) is 2.99. The molecule has 0 aliphatic carbocycles. The third-order valence-electron chi connectivity index (χ3n) is 2.82. The highest BCUT2D eigenvalue weighted by Gasteiger charge is 2.16. The molecule has 1 heterocycles. The molecule has 0 aliphatic rings. The van der Waals surface area contributed by atoms with Gasteiger partial charge in [0.25, 0.3) is 0 Å². The molecular weight excluding hydrogens is 350 g/mol. The summed E-state index contributed by atoms with van der Waals surface area (Å²) in [6, 6.07) is 12.1. The van der Waals surface area contributed by atoms with Crippen LogP contribution in [0.25, 0.3) is 6.08 Å². The first kappa shape index (κ1) is 17.9. The summed E-state index contributed by atoms with van der Waals surface area (Å²) in [6.07, 6.45) is 1.48. The van der Waals surface area contributed by atoms with E-state index in [0.717, 1.165) is 16.9 Å². The van der Waals surface area contributed by atoms with Crippen LogP contribution in [0.5, 0.6) is 0 Å². The number of hydrogen-bond donors (Lipinski definition) is 1. The van der Waals surface area contributed by atoms with E-state index in [1.54, 1.807) is 36.4 Å². The zero-order chi connectivity index (χ0) is 17.5. The van der Waals surface area contributed by atoms with Crippen molar-refractivity contribution in [1.82, 2.24) is 5.32 Å². The summed E-state index contributed by atoms with van der Waals surface area (Å²) in [5.41, 5.74) is 0.681. The van der Waals surface area contributed by atoms with Gasteiger partial charge in [0.1, 0.15) is 5.70 Å². The van der Waals surface area contributed by atoms with E-state index in [4.69, 9.17) is 16.3 Å². The highest BCUT2D eigenvalue weighted by molar-refractivity contribution is 7.18. The molecule has 1 N–H and O–H groups in total. The van der Waals surface area contributed by atoms with E-state index in [1.165, 1.54) is 13.0 Å². The Morgan fingerprint density at radius 1 is 1.17 bits per heavy atom. The number of nitrogens with one attached hydrogen (secondary N) is 1. The molecule has 5 nitrogen and oxygen atoms in total. The summed E-state index contributed by atoms with van der Waals surface area (Å²) in [5, 5.41) is 2.41. The highest BCUT2D eigenvalue weighted by atomic mass is 35.5. The minimum atomic E-state index is -0.787. The van der Waals surface area contributed by atoms with Crippen LogP contribution in [-0.4, -0.2) is 24.3 Å². The van der Waals surface area contributed by atoms with Gasteiger partial charge in [0.2, 0.25) is 11.7 Å². The summed E-state index contributed by atoms with van der Waals surface area (Å²) >= 11 is 6.88. The molecule has 0 radical (unpaired) electrons. The first-order valence-electron chi connectivity index (χ1n) is 6.95. The van der Waals surface area contributed by atoms with E-state index in [9.17, 15) is 14.4 Å². The first-order valence-corrected chi connectivity index (χ1v) is 8.15. The molecular formula is C17H14ClNO4S. The second-order valence-electron chi connectivity index (χ2n) is 4.75. The van der Waals surface area contributed by atoms with Crippen LogP contribution in [0.15, 0.2) is 48.2 Å². The Morgan fingerprint density at radius 2 is 1.88 bits per heavy atom. The molecule has 0 atom stereocenters. The van der Waals surface area contributed by atoms with E-state index in [2.05, 4.69) is 5.32 Å². The fraction of sp³-hybridized carbons (Fsp3) is 0.118. The third-order valence-corrected chi connectivity index (χ3v) is 4.10. The second-order valence-corrected chi connectivity index (χ2v) is 6.47. The number of rotatable bonds is 6. The number of amides is 1. The van der Waals surface area contributed by atoms with Crippen molar-refractivity contribution in [3.05, 3.63) is 62.9 Å². The topological polar surface area (TPSA) is 72.5 Å². The standard InChI is InChI=1S/C17H14ClNO4S/c1-11(20)19-13(9-12-5-3-2-4-6-12)17(22)23-10-14(21)15-7-8-16(18)24-15/h2-9H,10H2,1H3,(H,19,20). The fourth-order valence-corrected chi connectivity index (χ4v) is 2.76. The lowest BCUT2D eigenvalue weighted by molar-refractivity contribution is -0.139. The first-order chi connectivity index (χ1) is 11.5. The summed E-state index contributed by atoms with van der Waals surface area (Å²) in [6.45, 7) is 0.853. The van der Waals surface area contributed by atoms with Crippen molar-refractivity contribution in [3.8, 4) is 0 Å². The molecule has 2 aromatic rings. The molecule has 0 fully saturated rings. The average molecular weight is 364 g/mol. The van der Waals surface area contributed by atoms with Crippen molar-refractivity contribution < 1.29 is 19.1 Å². The normalized spacial score (nSPS) is 11.0. The quantitative estimate of drug-likeness (QED) is 0.485. The molecule has 1 aromatic heterocycles. The molecule has 0 unspecified atom stereocenters. The van der Waals surface area contributed by atoms with E-state index in [1.807, 2.05) is 6.07 Å². The molecule has 1 amide bonds. The molecule has 0 bridgehead atoms. The van der Waals surface area contributed by atoms with Crippen molar-refractivity contribution in [3.63, 3.8) is 0 Å². The molecule has 24 heavy (non-hydrogen) atoms. The lowest BCUT2D eigenvalue weighted by atomic mass is 10.2. The van der Waals surface area contributed by atoms with Crippen molar-refractivity contribution in [2.24, 2.45) is 0 Å². The van der Waals surface area contributed by atoms with Gasteiger partial charge in [-0.2, -0.15) is 0 Å².